The molecule has 1 amide bonds. The number of amides is 1. The van der Waals surface area contributed by atoms with E-state index < -0.39 is 0 Å². The number of hydrogen-bond donors (Lipinski definition) is 1. The molecule has 1 fully saturated rings. The maximum absolute atomic E-state index is 12.5. The number of imidazole rings is 1. The molecule has 140 valence electrons. The Balaban J connectivity index is 1.57. The highest BCUT2D eigenvalue weighted by atomic mass is 16.5. The third kappa shape index (κ3) is 3.74. The molecule has 1 aliphatic rings. The van der Waals surface area contributed by atoms with Crippen LogP contribution in [0.2, 0.25) is 0 Å². The summed E-state index contributed by atoms with van der Waals surface area (Å²) in [6.07, 6.45) is 11.3. The van der Waals surface area contributed by atoms with Gasteiger partial charge in [0.15, 0.2) is 11.6 Å². The normalized spacial score (nSPS) is 15.0. The number of aryl methyl sites for hydroxylation is 1. The summed E-state index contributed by atoms with van der Waals surface area (Å²) in [5.74, 6) is 1.48. The highest BCUT2D eigenvalue weighted by molar-refractivity contribution is 5.92. The van der Waals surface area contributed by atoms with Crippen LogP contribution in [0.15, 0.2) is 35.4 Å². The third-order valence-electron chi connectivity index (χ3n) is 4.80. The highest BCUT2D eigenvalue weighted by Gasteiger charge is 2.20. The van der Waals surface area contributed by atoms with Crippen LogP contribution in [-0.4, -0.2) is 36.6 Å². The fourth-order valence-electron chi connectivity index (χ4n) is 3.34. The first-order chi connectivity index (χ1) is 13.2. The smallest absolute Gasteiger partial charge is 0.271 e. The van der Waals surface area contributed by atoms with Crippen LogP contribution in [0.1, 0.15) is 55.3 Å². The van der Waals surface area contributed by atoms with E-state index in [1.54, 1.807) is 23.3 Å². The predicted molar refractivity (Wildman–Crippen MR) is 98.4 cm³/mol. The maximum Gasteiger partial charge on any atom is 0.271 e. The van der Waals surface area contributed by atoms with Gasteiger partial charge in [-0.25, -0.2) is 9.97 Å². The molecule has 0 saturated heterocycles. The summed E-state index contributed by atoms with van der Waals surface area (Å²) >= 11 is 0. The van der Waals surface area contributed by atoms with Crippen molar-refractivity contribution in [3.8, 4) is 17.3 Å². The molecule has 0 aromatic carbocycles. The maximum atomic E-state index is 12.5. The molecule has 3 heterocycles. The lowest BCUT2D eigenvalue weighted by Crippen LogP contribution is -2.36. The SMILES string of the molecule is CCc1noc(-c2cccnc2-n2cnc(C(=O)NC3CCCCC3)c2)n1. The van der Waals surface area contributed by atoms with E-state index in [4.69, 9.17) is 4.52 Å². The molecule has 8 nitrogen and oxygen atoms in total. The first-order valence-corrected chi connectivity index (χ1v) is 9.38. The third-order valence-corrected chi connectivity index (χ3v) is 4.80. The molecular weight excluding hydrogens is 344 g/mol. The molecule has 0 spiro atoms. The average Bonchev–Trinajstić information content (AvgIpc) is 3.38. The molecule has 0 atom stereocenters. The van der Waals surface area contributed by atoms with Crippen molar-refractivity contribution in [3.05, 3.63) is 42.4 Å². The molecule has 3 aromatic rings. The molecule has 0 unspecified atom stereocenters. The van der Waals surface area contributed by atoms with Gasteiger partial charge in [0.05, 0.1) is 5.56 Å². The van der Waals surface area contributed by atoms with Crippen molar-refractivity contribution in [2.24, 2.45) is 0 Å². The molecule has 3 aromatic heterocycles. The molecule has 27 heavy (non-hydrogen) atoms. The van der Waals surface area contributed by atoms with Crippen molar-refractivity contribution in [3.63, 3.8) is 0 Å². The summed E-state index contributed by atoms with van der Waals surface area (Å²) in [6, 6.07) is 3.91. The minimum Gasteiger partial charge on any atom is -0.348 e. The van der Waals surface area contributed by atoms with Gasteiger partial charge in [0.1, 0.15) is 12.0 Å². The number of pyridine rings is 1. The number of carbonyl (C=O) groups excluding carboxylic acids is 1. The standard InChI is InChI=1S/C19H22N6O2/c1-2-16-23-19(27-24-16)14-9-6-10-20-17(14)25-11-15(21-12-25)18(26)22-13-7-4-3-5-8-13/h6,9-13H,2-5,7-8H2,1H3,(H,22,26). The number of nitrogens with zero attached hydrogens (tertiary/aromatic N) is 5. The van der Waals surface area contributed by atoms with E-state index in [2.05, 4.69) is 25.4 Å². The summed E-state index contributed by atoms with van der Waals surface area (Å²) in [4.78, 5) is 25.6. The van der Waals surface area contributed by atoms with Gasteiger partial charge in [-0.15, -0.1) is 0 Å². The number of rotatable bonds is 5. The minimum atomic E-state index is -0.149. The number of aromatic nitrogens is 5. The van der Waals surface area contributed by atoms with Crippen molar-refractivity contribution in [2.45, 2.75) is 51.5 Å². The van der Waals surface area contributed by atoms with E-state index in [1.807, 2.05) is 19.1 Å². The van der Waals surface area contributed by atoms with Crippen molar-refractivity contribution in [1.82, 2.24) is 30.0 Å². The van der Waals surface area contributed by atoms with Crippen molar-refractivity contribution < 1.29 is 9.32 Å². The Morgan fingerprint density at radius 2 is 2.15 bits per heavy atom. The second-order valence-corrected chi connectivity index (χ2v) is 6.72. The topological polar surface area (TPSA) is 98.7 Å². The van der Waals surface area contributed by atoms with Crippen LogP contribution < -0.4 is 5.32 Å². The molecule has 1 N–H and O–H groups in total. The fraction of sp³-hybridized carbons (Fsp3) is 0.421. The van der Waals surface area contributed by atoms with Crippen molar-refractivity contribution in [2.75, 3.05) is 0 Å². The van der Waals surface area contributed by atoms with Gasteiger partial charge in [-0.05, 0) is 25.0 Å². The average molecular weight is 366 g/mol. The quantitative estimate of drug-likeness (QED) is 0.745. The predicted octanol–water partition coefficient (Wildman–Crippen LogP) is 2.94. The van der Waals surface area contributed by atoms with Gasteiger partial charge < -0.3 is 9.84 Å². The van der Waals surface area contributed by atoms with Crippen LogP contribution in [0.5, 0.6) is 0 Å². The van der Waals surface area contributed by atoms with E-state index in [0.29, 0.717) is 35.2 Å². The first kappa shape index (κ1) is 17.4. The lowest BCUT2D eigenvalue weighted by molar-refractivity contribution is 0.0923. The zero-order valence-corrected chi connectivity index (χ0v) is 15.3. The molecule has 4 rings (SSSR count). The van der Waals surface area contributed by atoms with Gasteiger partial charge >= 0.3 is 0 Å². The lowest BCUT2D eigenvalue weighted by Gasteiger charge is -2.22. The zero-order valence-electron chi connectivity index (χ0n) is 15.3. The Kier molecular flexibility index (Phi) is 4.95. The van der Waals surface area contributed by atoms with Crippen LogP contribution in [-0.2, 0) is 6.42 Å². The zero-order chi connectivity index (χ0) is 18.6. The fourth-order valence-corrected chi connectivity index (χ4v) is 3.34. The summed E-state index contributed by atoms with van der Waals surface area (Å²) in [6.45, 7) is 1.96. The summed E-state index contributed by atoms with van der Waals surface area (Å²) in [5, 5.41) is 7.02. The minimum absolute atomic E-state index is 0.149. The Morgan fingerprint density at radius 3 is 2.93 bits per heavy atom. The van der Waals surface area contributed by atoms with E-state index in [0.717, 1.165) is 12.8 Å². The lowest BCUT2D eigenvalue weighted by atomic mass is 9.95. The second-order valence-electron chi connectivity index (χ2n) is 6.72. The molecular formula is C19H22N6O2. The molecule has 0 radical (unpaired) electrons. The largest absolute Gasteiger partial charge is 0.348 e. The Hall–Kier alpha value is -3.03. The van der Waals surface area contributed by atoms with Crippen molar-refractivity contribution in [1.29, 1.82) is 0 Å². The Morgan fingerprint density at radius 1 is 1.30 bits per heavy atom. The number of nitrogens with one attached hydrogen (secondary N) is 1. The van der Waals surface area contributed by atoms with Gasteiger partial charge in [0.25, 0.3) is 11.8 Å². The van der Waals surface area contributed by atoms with Crippen LogP contribution in [0.3, 0.4) is 0 Å². The second kappa shape index (κ2) is 7.69. The van der Waals surface area contributed by atoms with E-state index in [-0.39, 0.29) is 11.9 Å². The van der Waals surface area contributed by atoms with Crippen LogP contribution in [0.4, 0.5) is 0 Å². The number of carbonyl (C=O) groups is 1. The van der Waals surface area contributed by atoms with Gasteiger partial charge in [0.2, 0.25) is 0 Å². The van der Waals surface area contributed by atoms with Gasteiger partial charge in [0, 0.05) is 24.9 Å². The van der Waals surface area contributed by atoms with E-state index in [1.165, 1.54) is 19.3 Å². The van der Waals surface area contributed by atoms with Crippen LogP contribution >= 0.6 is 0 Å². The van der Waals surface area contributed by atoms with Gasteiger partial charge in [-0.3, -0.25) is 9.36 Å². The van der Waals surface area contributed by atoms with Crippen molar-refractivity contribution >= 4 is 5.91 Å². The highest BCUT2D eigenvalue weighted by Crippen LogP contribution is 2.24. The van der Waals surface area contributed by atoms with Gasteiger partial charge in [-0.2, -0.15) is 4.98 Å². The summed E-state index contributed by atoms with van der Waals surface area (Å²) < 4.78 is 7.05. The monoisotopic (exact) mass is 366 g/mol. The van der Waals surface area contributed by atoms with E-state index in [9.17, 15) is 4.79 Å². The molecule has 1 saturated carbocycles. The molecule has 1 aliphatic carbocycles. The molecule has 0 aliphatic heterocycles. The Labute approximate surface area is 157 Å². The summed E-state index contributed by atoms with van der Waals surface area (Å²) in [7, 11) is 0. The van der Waals surface area contributed by atoms with Gasteiger partial charge in [-0.1, -0.05) is 31.3 Å². The number of hydrogen-bond acceptors (Lipinski definition) is 6. The van der Waals surface area contributed by atoms with Crippen LogP contribution in [0, 0.1) is 0 Å². The summed E-state index contributed by atoms with van der Waals surface area (Å²) in [5.41, 5.74) is 1.07. The molecule has 0 bridgehead atoms. The Bertz CT molecular complexity index is 926. The van der Waals surface area contributed by atoms with E-state index >= 15 is 0 Å². The molecule has 8 heteroatoms. The van der Waals surface area contributed by atoms with Crippen LogP contribution in [0.25, 0.3) is 17.3 Å². The first-order valence-electron chi connectivity index (χ1n) is 9.38.